The number of aromatic carboxylic acids is 1. The molecule has 7 nitrogen and oxygen atoms in total. The van der Waals surface area contributed by atoms with Gasteiger partial charge in [-0.2, -0.15) is 0 Å². The van der Waals surface area contributed by atoms with Gasteiger partial charge >= 0.3 is 5.97 Å². The Balaban J connectivity index is 2.17. The predicted octanol–water partition coefficient (Wildman–Crippen LogP) is 2.12. The summed E-state index contributed by atoms with van der Waals surface area (Å²) in [5.41, 5.74) is 2.05. The van der Waals surface area contributed by atoms with Crippen molar-refractivity contribution in [2.45, 2.75) is 33.7 Å². The van der Waals surface area contributed by atoms with Gasteiger partial charge in [0.05, 0.1) is 5.69 Å². The molecule has 0 saturated heterocycles. The number of carbonyl (C=O) groups excluding carboxylic acids is 1. The molecule has 2 rings (SSSR count). The molecule has 0 spiro atoms. The van der Waals surface area contributed by atoms with E-state index >= 15 is 0 Å². The minimum Gasteiger partial charge on any atom is -0.476 e. The predicted molar refractivity (Wildman–Crippen MR) is 85.3 cm³/mol. The highest BCUT2D eigenvalue weighted by molar-refractivity contribution is 5.91. The number of hydrogen-bond donors (Lipinski definition) is 2. The van der Waals surface area contributed by atoms with Crippen LogP contribution in [0.15, 0.2) is 24.3 Å². The number of para-hydroxylation sites is 1. The molecule has 0 atom stereocenters. The Hall–Kier alpha value is -2.70. The summed E-state index contributed by atoms with van der Waals surface area (Å²) >= 11 is 0. The zero-order valence-electron chi connectivity index (χ0n) is 13.4. The van der Waals surface area contributed by atoms with Crippen molar-refractivity contribution in [2.24, 2.45) is 5.92 Å². The number of carboxylic acids is 1. The van der Waals surface area contributed by atoms with Crippen molar-refractivity contribution < 1.29 is 14.7 Å². The van der Waals surface area contributed by atoms with Crippen molar-refractivity contribution in [2.75, 3.05) is 5.32 Å². The van der Waals surface area contributed by atoms with Crippen LogP contribution in [0, 0.1) is 12.8 Å². The summed E-state index contributed by atoms with van der Waals surface area (Å²) in [4.78, 5) is 23.4. The molecule has 1 amide bonds. The maximum absolute atomic E-state index is 12.2. The molecule has 1 aromatic carbocycles. The van der Waals surface area contributed by atoms with E-state index in [0.29, 0.717) is 12.1 Å². The molecule has 23 heavy (non-hydrogen) atoms. The number of nitrogens with zero attached hydrogens (tertiary/aromatic N) is 3. The monoisotopic (exact) mass is 316 g/mol. The van der Waals surface area contributed by atoms with E-state index in [9.17, 15) is 14.7 Å². The first-order chi connectivity index (χ1) is 10.9. The lowest BCUT2D eigenvalue weighted by Gasteiger charge is -2.11. The highest BCUT2D eigenvalue weighted by atomic mass is 16.4. The molecule has 0 saturated carbocycles. The SMILES string of the molecule is Cc1ccccc1NC(=O)Cn1nnc(C(=O)O)c1CC(C)C. The Labute approximate surface area is 134 Å². The molecular formula is C16H20N4O3. The van der Waals surface area contributed by atoms with Gasteiger partial charge in [-0.1, -0.05) is 37.3 Å². The van der Waals surface area contributed by atoms with Gasteiger partial charge in [0, 0.05) is 5.69 Å². The van der Waals surface area contributed by atoms with E-state index in [0.717, 1.165) is 11.3 Å². The third-order valence-corrected chi connectivity index (χ3v) is 3.35. The lowest BCUT2D eigenvalue weighted by Crippen LogP contribution is -2.22. The molecule has 0 unspecified atom stereocenters. The average molecular weight is 316 g/mol. The second-order valence-electron chi connectivity index (χ2n) is 5.81. The first-order valence-electron chi connectivity index (χ1n) is 7.39. The number of carboxylic acid groups (broad SMARTS) is 1. The van der Waals surface area contributed by atoms with Crippen molar-refractivity contribution in [3.8, 4) is 0 Å². The van der Waals surface area contributed by atoms with E-state index in [1.165, 1.54) is 4.68 Å². The van der Waals surface area contributed by atoms with Crippen molar-refractivity contribution >= 4 is 17.6 Å². The molecule has 0 bridgehead atoms. The van der Waals surface area contributed by atoms with Crippen LogP contribution in [0.1, 0.15) is 35.6 Å². The van der Waals surface area contributed by atoms with Gasteiger partial charge in [-0.05, 0) is 30.9 Å². The molecular weight excluding hydrogens is 296 g/mol. The first kappa shape index (κ1) is 16.7. The Kier molecular flexibility index (Phi) is 5.10. The van der Waals surface area contributed by atoms with Crippen LogP contribution in [0.5, 0.6) is 0 Å². The summed E-state index contributed by atoms with van der Waals surface area (Å²) in [7, 11) is 0. The van der Waals surface area contributed by atoms with E-state index in [1.807, 2.05) is 45.0 Å². The van der Waals surface area contributed by atoms with Gasteiger partial charge in [0.2, 0.25) is 5.91 Å². The fourth-order valence-electron chi connectivity index (χ4n) is 2.25. The quantitative estimate of drug-likeness (QED) is 0.851. The Morgan fingerprint density at radius 3 is 2.61 bits per heavy atom. The lowest BCUT2D eigenvalue weighted by atomic mass is 10.1. The van der Waals surface area contributed by atoms with Crippen LogP contribution in [-0.2, 0) is 17.8 Å². The topological polar surface area (TPSA) is 97.1 Å². The molecule has 2 aromatic rings. The summed E-state index contributed by atoms with van der Waals surface area (Å²) < 4.78 is 1.36. The number of benzene rings is 1. The third kappa shape index (κ3) is 4.15. The largest absolute Gasteiger partial charge is 0.476 e. The number of hydrogen-bond acceptors (Lipinski definition) is 4. The minimum absolute atomic E-state index is 0.0728. The summed E-state index contributed by atoms with van der Waals surface area (Å²) in [6.45, 7) is 5.77. The molecule has 1 heterocycles. The zero-order valence-corrected chi connectivity index (χ0v) is 13.4. The van der Waals surface area contributed by atoms with Gasteiger partial charge in [0.15, 0.2) is 5.69 Å². The van der Waals surface area contributed by atoms with E-state index in [4.69, 9.17) is 0 Å². The van der Waals surface area contributed by atoms with E-state index in [1.54, 1.807) is 0 Å². The van der Waals surface area contributed by atoms with Gasteiger partial charge in [-0.25, -0.2) is 9.48 Å². The van der Waals surface area contributed by atoms with Crippen molar-refractivity contribution in [1.29, 1.82) is 0 Å². The molecule has 0 aliphatic rings. The maximum atomic E-state index is 12.2. The van der Waals surface area contributed by atoms with Gasteiger partial charge < -0.3 is 10.4 Å². The van der Waals surface area contributed by atoms with E-state index in [2.05, 4.69) is 15.6 Å². The molecule has 2 N–H and O–H groups in total. The fraction of sp³-hybridized carbons (Fsp3) is 0.375. The van der Waals surface area contributed by atoms with Crippen LogP contribution in [0.2, 0.25) is 0 Å². The van der Waals surface area contributed by atoms with Crippen molar-refractivity contribution in [1.82, 2.24) is 15.0 Å². The highest BCUT2D eigenvalue weighted by Gasteiger charge is 2.21. The Morgan fingerprint density at radius 1 is 1.30 bits per heavy atom. The fourth-order valence-corrected chi connectivity index (χ4v) is 2.25. The van der Waals surface area contributed by atoms with Crippen LogP contribution >= 0.6 is 0 Å². The Bertz CT molecular complexity index is 722. The Morgan fingerprint density at radius 2 is 2.00 bits per heavy atom. The normalized spacial score (nSPS) is 10.8. The standard InChI is InChI=1S/C16H20N4O3/c1-10(2)8-13-15(16(22)23)18-19-20(13)9-14(21)17-12-7-5-4-6-11(12)3/h4-7,10H,8-9H2,1-3H3,(H,17,21)(H,22,23). The highest BCUT2D eigenvalue weighted by Crippen LogP contribution is 2.15. The maximum Gasteiger partial charge on any atom is 0.358 e. The number of aromatic nitrogens is 3. The number of anilines is 1. The second-order valence-corrected chi connectivity index (χ2v) is 5.81. The number of amides is 1. The molecule has 0 fully saturated rings. The molecule has 0 aliphatic carbocycles. The van der Waals surface area contributed by atoms with Crippen LogP contribution in [0.25, 0.3) is 0 Å². The number of rotatable bonds is 6. The molecule has 0 aliphatic heterocycles. The van der Waals surface area contributed by atoms with Crippen molar-refractivity contribution in [3.05, 3.63) is 41.2 Å². The molecule has 1 aromatic heterocycles. The molecule has 0 radical (unpaired) electrons. The van der Waals surface area contributed by atoms with Gasteiger partial charge in [-0.15, -0.1) is 5.10 Å². The van der Waals surface area contributed by atoms with Crippen LogP contribution in [0.3, 0.4) is 0 Å². The summed E-state index contributed by atoms with van der Waals surface area (Å²) in [5.74, 6) is -1.18. The first-order valence-corrected chi connectivity index (χ1v) is 7.39. The summed E-state index contributed by atoms with van der Waals surface area (Å²) in [5, 5.41) is 19.5. The van der Waals surface area contributed by atoms with E-state index in [-0.39, 0.29) is 24.1 Å². The second kappa shape index (κ2) is 7.04. The summed E-state index contributed by atoms with van der Waals surface area (Å²) in [6.07, 6.45) is 0.492. The third-order valence-electron chi connectivity index (χ3n) is 3.35. The molecule has 7 heteroatoms. The number of nitrogens with one attached hydrogen (secondary N) is 1. The minimum atomic E-state index is -1.13. The number of aryl methyl sites for hydroxylation is 1. The van der Waals surface area contributed by atoms with E-state index < -0.39 is 5.97 Å². The smallest absolute Gasteiger partial charge is 0.358 e. The van der Waals surface area contributed by atoms with Crippen molar-refractivity contribution in [3.63, 3.8) is 0 Å². The van der Waals surface area contributed by atoms with Gasteiger partial charge in [0.25, 0.3) is 0 Å². The summed E-state index contributed by atoms with van der Waals surface area (Å²) in [6, 6.07) is 7.44. The van der Waals surface area contributed by atoms with Gasteiger partial charge in [0.1, 0.15) is 6.54 Å². The van der Waals surface area contributed by atoms with Crippen LogP contribution < -0.4 is 5.32 Å². The van der Waals surface area contributed by atoms with Crippen LogP contribution in [-0.4, -0.2) is 32.0 Å². The average Bonchev–Trinajstić information content (AvgIpc) is 2.83. The number of carbonyl (C=O) groups is 2. The molecule has 122 valence electrons. The lowest BCUT2D eigenvalue weighted by molar-refractivity contribution is -0.117. The zero-order chi connectivity index (χ0) is 17.0. The van der Waals surface area contributed by atoms with Gasteiger partial charge in [-0.3, -0.25) is 4.79 Å². The van der Waals surface area contributed by atoms with Crippen LogP contribution in [0.4, 0.5) is 5.69 Å².